The zero-order valence-corrected chi connectivity index (χ0v) is 17.5. The lowest BCUT2D eigenvalue weighted by Crippen LogP contribution is -2.12. The van der Waals surface area contributed by atoms with Gasteiger partial charge in [0.25, 0.3) is 0 Å². The van der Waals surface area contributed by atoms with Crippen molar-refractivity contribution in [2.24, 2.45) is 0 Å². The lowest BCUT2D eigenvalue weighted by atomic mass is 10.2. The van der Waals surface area contributed by atoms with Gasteiger partial charge in [-0.3, -0.25) is 4.79 Å². The van der Waals surface area contributed by atoms with Crippen molar-refractivity contribution in [2.45, 2.75) is 13.3 Å². The summed E-state index contributed by atoms with van der Waals surface area (Å²) in [6, 6.07) is 6.88. The fraction of sp³-hybridized carbons (Fsp3) is 0.333. The van der Waals surface area contributed by atoms with E-state index in [0.29, 0.717) is 53.5 Å². The van der Waals surface area contributed by atoms with Crippen LogP contribution in [0.3, 0.4) is 0 Å². The molecule has 0 atom stereocenters. The Hall–Kier alpha value is -2.77. The highest BCUT2D eigenvalue weighted by molar-refractivity contribution is 6.32. The minimum Gasteiger partial charge on any atom is -0.493 e. The molecule has 0 saturated carbocycles. The summed E-state index contributed by atoms with van der Waals surface area (Å²) in [5.41, 5.74) is 1.17. The molecule has 0 spiro atoms. The Labute approximate surface area is 175 Å². The third-order valence-corrected chi connectivity index (χ3v) is 3.97. The summed E-state index contributed by atoms with van der Waals surface area (Å²) in [5, 5.41) is 3.16. The van der Waals surface area contributed by atoms with Crippen LogP contribution in [0.25, 0.3) is 6.08 Å². The summed E-state index contributed by atoms with van der Waals surface area (Å²) in [6.07, 6.45) is 5.47. The molecule has 0 unspecified atom stereocenters. The van der Waals surface area contributed by atoms with Crippen LogP contribution in [0, 0.1) is 0 Å². The largest absolute Gasteiger partial charge is 0.493 e. The molecule has 156 valence electrons. The van der Waals surface area contributed by atoms with Crippen LogP contribution in [0.1, 0.15) is 18.9 Å². The Kier molecular flexibility index (Phi) is 9.27. The molecular weight excluding hydrogens is 396 g/mol. The number of carbonyl (C=O) groups is 1. The van der Waals surface area contributed by atoms with Gasteiger partial charge in [0.1, 0.15) is 12.3 Å². The number of halogens is 1. The number of methoxy groups -OCH3 is 2. The van der Waals surface area contributed by atoms with E-state index in [9.17, 15) is 4.79 Å². The maximum absolute atomic E-state index is 12.3. The molecule has 0 radical (unpaired) electrons. The molecule has 1 N–H and O–H groups in total. The molecule has 2 aromatic rings. The molecule has 0 aliphatic heterocycles. The van der Waals surface area contributed by atoms with Crippen LogP contribution in [-0.2, 0) is 9.53 Å². The van der Waals surface area contributed by atoms with Crippen LogP contribution >= 0.6 is 11.6 Å². The molecule has 0 aliphatic rings. The van der Waals surface area contributed by atoms with Gasteiger partial charge >= 0.3 is 0 Å². The summed E-state index contributed by atoms with van der Waals surface area (Å²) < 4.78 is 21.4. The molecule has 1 amide bonds. The molecule has 2 rings (SSSR count). The number of hydrogen-bond donors (Lipinski definition) is 1. The number of pyridine rings is 1. The number of ether oxygens (including phenoxy) is 4. The van der Waals surface area contributed by atoms with Crippen molar-refractivity contribution < 1.29 is 23.7 Å². The summed E-state index contributed by atoms with van der Waals surface area (Å²) in [7, 11) is 3.12. The minimum atomic E-state index is -0.337. The highest BCUT2D eigenvalue weighted by atomic mass is 35.5. The smallest absolute Gasteiger partial charge is 0.248 e. The number of benzene rings is 1. The van der Waals surface area contributed by atoms with Crippen LogP contribution < -0.4 is 19.5 Å². The van der Waals surface area contributed by atoms with Crippen LogP contribution in [0.2, 0.25) is 5.02 Å². The average molecular weight is 421 g/mol. The van der Waals surface area contributed by atoms with Crippen LogP contribution in [0.4, 0.5) is 5.69 Å². The van der Waals surface area contributed by atoms with Crippen molar-refractivity contribution in [1.82, 2.24) is 4.98 Å². The van der Waals surface area contributed by atoms with Crippen molar-refractivity contribution in [3.8, 4) is 17.4 Å². The van der Waals surface area contributed by atoms with Crippen molar-refractivity contribution >= 4 is 29.3 Å². The summed E-state index contributed by atoms with van der Waals surface area (Å²) in [6.45, 7) is 3.29. The van der Waals surface area contributed by atoms with E-state index in [-0.39, 0.29) is 5.91 Å². The lowest BCUT2D eigenvalue weighted by Gasteiger charge is -2.12. The van der Waals surface area contributed by atoms with Gasteiger partial charge in [0.2, 0.25) is 11.8 Å². The van der Waals surface area contributed by atoms with Gasteiger partial charge in [-0.25, -0.2) is 4.98 Å². The predicted octanol–water partition coefficient (Wildman–Crippen LogP) is 4.21. The number of hydrogen-bond acceptors (Lipinski definition) is 6. The third-order valence-electron chi connectivity index (χ3n) is 3.68. The number of amides is 1. The lowest BCUT2D eigenvalue weighted by molar-refractivity contribution is -0.111. The van der Waals surface area contributed by atoms with E-state index in [1.54, 1.807) is 43.6 Å². The van der Waals surface area contributed by atoms with E-state index >= 15 is 0 Å². The van der Waals surface area contributed by atoms with Crippen molar-refractivity contribution in [2.75, 3.05) is 39.4 Å². The van der Waals surface area contributed by atoms with Crippen LogP contribution in [-0.4, -0.2) is 44.9 Å². The van der Waals surface area contributed by atoms with E-state index in [4.69, 9.17) is 30.5 Å². The quantitative estimate of drug-likeness (QED) is 0.433. The number of aromatic nitrogens is 1. The van der Waals surface area contributed by atoms with Gasteiger partial charge in [0.05, 0.1) is 25.3 Å². The average Bonchev–Trinajstić information content (AvgIpc) is 2.72. The Bertz CT molecular complexity index is 842. The van der Waals surface area contributed by atoms with Crippen LogP contribution in [0.15, 0.2) is 36.5 Å². The standard InChI is InChI=1S/C21H25ClN2O5/c1-4-10-28-20-16(22)13-15(14-18(20)27-3)7-8-19(25)24-17-6-5-9-23-21(17)29-12-11-26-2/h5-9,13-14H,4,10-12H2,1-3H3,(H,24,25)/b8-7+. The molecule has 0 bridgehead atoms. The minimum absolute atomic E-state index is 0.327. The fourth-order valence-electron chi connectivity index (χ4n) is 2.35. The van der Waals surface area contributed by atoms with E-state index < -0.39 is 0 Å². The number of anilines is 1. The van der Waals surface area contributed by atoms with Gasteiger partial charge in [0, 0.05) is 19.4 Å². The fourth-order valence-corrected chi connectivity index (χ4v) is 2.62. The topological polar surface area (TPSA) is 78.9 Å². The Morgan fingerprint density at radius 3 is 2.76 bits per heavy atom. The summed E-state index contributed by atoms with van der Waals surface area (Å²) >= 11 is 6.30. The maximum Gasteiger partial charge on any atom is 0.248 e. The van der Waals surface area contributed by atoms with Gasteiger partial charge in [-0.2, -0.15) is 0 Å². The summed E-state index contributed by atoms with van der Waals surface area (Å²) in [4.78, 5) is 16.4. The number of nitrogens with one attached hydrogen (secondary N) is 1. The van der Waals surface area contributed by atoms with E-state index in [2.05, 4.69) is 10.3 Å². The molecule has 0 aliphatic carbocycles. The molecular formula is C21H25ClN2O5. The predicted molar refractivity (Wildman–Crippen MR) is 113 cm³/mol. The summed E-state index contributed by atoms with van der Waals surface area (Å²) in [5.74, 6) is 0.988. The molecule has 0 saturated heterocycles. The molecule has 1 aromatic heterocycles. The molecule has 8 heteroatoms. The van der Waals surface area contributed by atoms with Crippen LogP contribution in [0.5, 0.6) is 17.4 Å². The molecule has 0 fully saturated rings. The van der Waals surface area contributed by atoms with E-state index in [0.717, 1.165) is 6.42 Å². The zero-order valence-electron chi connectivity index (χ0n) is 16.7. The first-order valence-electron chi connectivity index (χ1n) is 9.15. The normalized spacial score (nSPS) is 10.8. The maximum atomic E-state index is 12.3. The van der Waals surface area contributed by atoms with Crippen molar-refractivity contribution in [3.63, 3.8) is 0 Å². The van der Waals surface area contributed by atoms with Crippen molar-refractivity contribution in [3.05, 3.63) is 47.1 Å². The van der Waals surface area contributed by atoms with E-state index in [1.165, 1.54) is 13.2 Å². The van der Waals surface area contributed by atoms with Gasteiger partial charge < -0.3 is 24.3 Å². The zero-order chi connectivity index (χ0) is 21.1. The van der Waals surface area contributed by atoms with Gasteiger partial charge in [-0.15, -0.1) is 0 Å². The highest BCUT2D eigenvalue weighted by Crippen LogP contribution is 2.36. The Morgan fingerprint density at radius 2 is 2.03 bits per heavy atom. The third kappa shape index (κ3) is 6.96. The Morgan fingerprint density at radius 1 is 1.21 bits per heavy atom. The first-order chi connectivity index (χ1) is 14.1. The molecule has 1 heterocycles. The van der Waals surface area contributed by atoms with Gasteiger partial charge in [-0.1, -0.05) is 18.5 Å². The monoisotopic (exact) mass is 420 g/mol. The highest BCUT2D eigenvalue weighted by Gasteiger charge is 2.11. The SMILES string of the molecule is CCCOc1c(Cl)cc(/C=C/C(=O)Nc2cccnc2OCCOC)cc1OC. The number of nitrogens with zero attached hydrogens (tertiary/aromatic N) is 1. The Balaban J connectivity index is 2.08. The first kappa shape index (κ1) is 22.5. The molecule has 29 heavy (non-hydrogen) atoms. The first-order valence-corrected chi connectivity index (χ1v) is 9.53. The molecule has 7 nitrogen and oxygen atoms in total. The second-order valence-corrected chi connectivity index (χ2v) is 6.31. The van der Waals surface area contributed by atoms with Gasteiger partial charge in [-0.05, 0) is 42.3 Å². The number of rotatable bonds is 11. The van der Waals surface area contributed by atoms with Gasteiger partial charge in [0.15, 0.2) is 11.5 Å². The van der Waals surface area contributed by atoms with E-state index in [1.807, 2.05) is 6.92 Å². The number of carbonyl (C=O) groups excluding carboxylic acids is 1. The molecule has 1 aromatic carbocycles. The second-order valence-electron chi connectivity index (χ2n) is 5.90. The second kappa shape index (κ2) is 11.9. The van der Waals surface area contributed by atoms with Crippen molar-refractivity contribution in [1.29, 1.82) is 0 Å².